The van der Waals surface area contributed by atoms with Crippen LogP contribution in [0.15, 0.2) is 71.2 Å². The second kappa shape index (κ2) is 9.98. The van der Waals surface area contributed by atoms with E-state index in [1.807, 2.05) is 54.6 Å². The van der Waals surface area contributed by atoms with Crippen molar-refractivity contribution in [3.63, 3.8) is 0 Å². The highest BCUT2D eigenvalue weighted by Crippen LogP contribution is 2.27. The predicted octanol–water partition coefficient (Wildman–Crippen LogP) is 5.40. The standard InChI is InChI=1S/C23H21BrO5/c1-26-20-9-5-3-7-16(20)14-28-22-12-11-18(24)13-19(22)23(25)29-15-17-8-4-6-10-21(17)27-2/h3-13H,14-15H2,1-2H3. The van der Waals surface area contributed by atoms with Gasteiger partial charge in [-0.1, -0.05) is 52.3 Å². The van der Waals surface area contributed by atoms with Crippen molar-refractivity contribution in [3.8, 4) is 17.2 Å². The van der Waals surface area contributed by atoms with E-state index in [0.29, 0.717) is 17.1 Å². The third-order valence-corrected chi connectivity index (χ3v) is 4.78. The van der Waals surface area contributed by atoms with Crippen LogP contribution in [0.25, 0.3) is 0 Å². The van der Waals surface area contributed by atoms with Crippen LogP contribution < -0.4 is 14.2 Å². The van der Waals surface area contributed by atoms with Crippen LogP contribution in [0.2, 0.25) is 0 Å². The quantitative estimate of drug-likeness (QED) is 0.424. The van der Waals surface area contributed by atoms with Gasteiger partial charge in [0.15, 0.2) is 0 Å². The maximum Gasteiger partial charge on any atom is 0.342 e. The highest BCUT2D eigenvalue weighted by Gasteiger charge is 2.17. The van der Waals surface area contributed by atoms with E-state index in [4.69, 9.17) is 18.9 Å². The average Bonchev–Trinajstić information content (AvgIpc) is 2.76. The molecule has 29 heavy (non-hydrogen) atoms. The van der Waals surface area contributed by atoms with Gasteiger partial charge in [-0.3, -0.25) is 0 Å². The van der Waals surface area contributed by atoms with Crippen molar-refractivity contribution in [1.82, 2.24) is 0 Å². The Labute approximate surface area is 178 Å². The smallest absolute Gasteiger partial charge is 0.342 e. The molecule has 0 unspecified atom stereocenters. The second-order valence-electron chi connectivity index (χ2n) is 6.13. The van der Waals surface area contributed by atoms with Gasteiger partial charge in [0, 0.05) is 15.6 Å². The maximum atomic E-state index is 12.7. The number of hydrogen-bond acceptors (Lipinski definition) is 5. The summed E-state index contributed by atoms with van der Waals surface area (Å²) in [7, 11) is 3.19. The first-order valence-electron chi connectivity index (χ1n) is 8.95. The maximum absolute atomic E-state index is 12.7. The van der Waals surface area contributed by atoms with Gasteiger partial charge in [0.25, 0.3) is 0 Å². The Morgan fingerprint density at radius 1 is 0.793 bits per heavy atom. The van der Waals surface area contributed by atoms with Crippen LogP contribution in [0, 0.1) is 0 Å². The molecule has 0 bridgehead atoms. The lowest BCUT2D eigenvalue weighted by atomic mass is 10.2. The highest BCUT2D eigenvalue weighted by molar-refractivity contribution is 9.10. The molecule has 0 aliphatic carbocycles. The predicted molar refractivity (Wildman–Crippen MR) is 114 cm³/mol. The molecule has 150 valence electrons. The van der Waals surface area contributed by atoms with E-state index in [1.165, 1.54) is 0 Å². The molecule has 0 aliphatic heterocycles. The summed E-state index contributed by atoms with van der Waals surface area (Å²) in [6.07, 6.45) is 0. The number of methoxy groups -OCH3 is 2. The molecule has 0 saturated heterocycles. The van der Waals surface area contributed by atoms with Crippen molar-refractivity contribution >= 4 is 21.9 Å². The van der Waals surface area contributed by atoms with Gasteiger partial charge in [-0.15, -0.1) is 0 Å². The van der Waals surface area contributed by atoms with Crippen LogP contribution in [-0.2, 0) is 18.0 Å². The number of hydrogen-bond donors (Lipinski definition) is 0. The molecule has 3 aromatic carbocycles. The van der Waals surface area contributed by atoms with E-state index in [1.54, 1.807) is 26.4 Å². The van der Waals surface area contributed by atoms with Crippen molar-refractivity contribution in [2.75, 3.05) is 14.2 Å². The van der Waals surface area contributed by atoms with Gasteiger partial charge in [-0.2, -0.15) is 0 Å². The topological polar surface area (TPSA) is 54.0 Å². The molecule has 5 nitrogen and oxygen atoms in total. The fraction of sp³-hybridized carbons (Fsp3) is 0.174. The minimum atomic E-state index is -0.479. The van der Waals surface area contributed by atoms with E-state index >= 15 is 0 Å². The van der Waals surface area contributed by atoms with Crippen LogP contribution >= 0.6 is 15.9 Å². The molecule has 0 N–H and O–H groups in total. The van der Waals surface area contributed by atoms with Gasteiger partial charge in [-0.05, 0) is 30.3 Å². The zero-order chi connectivity index (χ0) is 20.6. The lowest BCUT2D eigenvalue weighted by Gasteiger charge is -2.14. The minimum absolute atomic E-state index is 0.0985. The molecule has 0 amide bonds. The molecule has 0 fully saturated rings. The van der Waals surface area contributed by atoms with E-state index in [0.717, 1.165) is 21.3 Å². The highest BCUT2D eigenvalue weighted by atomic mass is 79.9. The van der Waals surface area contributed by atoms with Crippen molar-refractivity contribution < 1.29 is 23.7 Å². The molecule has 0 spiro atoms. The molecule has 0 saturated carbocycles. The molecule has 0 atom stereocenters. The molecule has 0 heterocycles. The Morgan fingerprint density at radius 3 is 2.00 bits per heavy atom. The largest absolute Gasteiger partial charge is 0.496 e. The number of benzene rings is 3. The van der Waals surface area contributed by atoms with Crippen molar-refractivity contribution in [2.45, 2.75) is 13.2 Å². The van der Waals surface area contributed by atoms with Crippen LogP contribution in [0.4, 0.5) is 0 Å². The van der Waals surface area contributed by atoms with Crippen molar-refractivity contribution in [2.24, 2.45) is 0 Å². The van der Waals surface area contributed by atoms with Gasteiger partial charge < -0.3 is 18.9 Å². The zero-order valence-corrected chi connectivity index (χ0v) is 17.8. The Kier molecular flexibility index (Phi) is 7.14. The monoisotopic (exact) mass is 456 g/mol. The Morgan fingerprint density at radius 2 is 1.38 bits per heavy atom. The number of carbonyl (C=O) groups excluding carboxylic acids is 1. The number of ether oxygens (including phenoxy) is 4. The summed E-state index contributed by atoms with van der Waals surface area (Å²) in [6.45, 7) is 0.361. The third kappa shape index (κ3) is 5.29. The lowest BCUT2D eigenvalue weighted by molar-refractivity contribution is 0.0465. The van der Waals surface area contributed by atoms with Gasteiger partial charge in [-0.25, -0.2) is 4.79 Å². The number of halogens is 1. The molecular weight excluding hydrogens is 436 g/mol. The van der Waals surface area contributed by atoms with Crippen LogP contribution in [-0.4, -0.2) is 20.2 Å². The van der Waals surface area contributed by atoms with E-state index in [9.17, 15) is 4.79 Å². The number of esters is 1. The van der Waals surface area contributed by atoms with Gasteiger partial charge in [0.1, 0.15) is 36.0 Å². The van der Waals surface area contributed by atoms with E-state index < -0.39 is 5.97 Å². The number of carbonyl (C=O) groups is 1. The third-order valence-electron chi connectivity index (χ3n) is 4.29. The molecule has 0 aliphatic rings. The molecule has 3 rings (SSSR count). The second-order valence-corrected chi connectivity index (χ2v) is 7.04. The summed E-state index contributed by atoms with van der Waals surface area (Å²) in [5, 5.41) is 0. The minimum Gasteiger partial charge on any atom is -0.496 e. The van der Waals surface area contributed by atoms with Crippen LogP contribution in [0.1, 0.15) is 21.5 Å². The molecule has 0 radical (unpaired) electrons. The van der Waals surface area contributed by atoms with E-state index in [-0.39, 0.29) is 13.2 Å². The van der Waals surface area contributed by atoms with Crippen LogP contribution in [0.5, 0.6) is 17.2 Å². The fourth-order valence-corrected chi connectivity index (χ4v) is 3.17. The zero-order valence-electron chi connectivity index (χ0n) is 16.2. The Bertz CT molecular complexity index is 987. The van der Waals surface area contributed by atoms with Gasteiger partial charge >= 0.3 is 5.97 Å². The Balaban J connectivity index is 1.74. The summed E-state index contributed by atoms with van der Waals surface area (Å²) in [5.41, 5.74) is 2.00. The Hall–Kier alpha value is -2.99. The molecular formula is C23H21BrO5. The van der Waals surface area contributed by atoms with Crippen LogP contribution in [0.3, 0.4) is 0 Å². The summed E-state index contributed by atoms with van der Waals surface area (Å²) in [4.78, 5) is 12.7. The normalized spacial score (nSPS) is 10.3. The lowest BCUT2D eigenvalue weighted by Crippen LogP contribution is -2.09. The van der Waals surface area contributed by atoms with Gasteiger partial charge in [0.05, 0.1) is 14.2 Å². The summed E-state index contributed by atoms with van der Waals surface area (Å²) < 4.78 is 22.8. The van der Waals surface area contributed by atoms with Gasteiger partial charge in [0.2, 0.25) is 0 Å². The summed E-state index contributed by atoms with van der Waals surface area (Å²) in [5.74, 6) is 1.35. The SMILES string of the molecule is COc1ccccc1COC(=O)c1cc(Br)ccc1OCc1ccccc1OC. The summed E-state index contributed by atoms with van der Waals surface area (Å²) >= 11 is 3.40. The first kappa shape index (κ1) is 20.7. The molecule has 6 heteroatoms. The first-order valence-corrected chi connectivity index (χ1v) is 9.75. The van der Waals surface area contributed by atoms with E-state index in [2.05, 4.69) is 15.9 Å². The first-order chi connectivity index (χ1) is 14.1. The number of para-hydroxylation sites is 2. The molecule has 0 aromatic heterocycles. The molecule has 3 aromatic rings. The summed E-state index contributed by atoms with van der Waals surface area (Å²) in [6, 6.07) is 20.2. The number of rotatable bonds is 8. The average molecular weight is 457 g/mol. The van der Waals surface area contributed by atoms with Crippen molar-refractivity contribution in [1.29, 1.82) is 0 Å². The fourth-order valence-electron chi connectivity index (χ4n) is 2.81. The van der Waals surface area contributed by atoms with Crippen molar-refractivity contribution in [3.05, 3.63) is 87.9 Å².